The summed E-state index contributed by atoms with van der Waals surface area (Å²) in [6.07, 6.45) is 2.27. The zero-order chi connectivity index (χ0) is 10.7. The predicted octanol–water partition coefficient (Wildman–Crippen LogP) is 2.00. The molecule has 0 saturated carbocycles. The molecule has 15 heavy (non-hydrogen) atoms. The maximum Gasteiger partial charge on any atom is 0.346 e. The number of rotatable bonds is 4. The number of thiophene rings is 1. The minimum atomic E-state index is -0.910. The van der Waals surface area contributed by atoms with Crippen LogP contribution in [0, 0.1) is 0 Å². The van der Waals surface area contributed by atoms with Crippen molar-refractivity contribution in [3.63, 3.8) is 0 Å². The molecule has 1 aliphatic heterocycles. The summed E-state index contributed by atoms with van der Waals surface area (Å²) < 4.78 is 10.8. The van der Waals surface area contributed by atoms with Crippen LogP contribution in [0.5, 0.6) is 5.75 Å². The smallest absolute Gasteiger partial charge is 0.346 e. The van der Waals surface area contributed by atoms with Crippen molar-refractivity contribution in [2.45, 2.75) is 18.9 Å². The standard InChI is InChI=1S/C10H12O4S/c11-10(12)9-4-8(6-15-9)14-5-7-2-1-3-13-7/h4,6-7H,1-3,5H2,(H,11,12). The minimum Gasteiger partial charge on any atom is -0.490 e. The summed E-state index contributed by atoms with van der Waals surface area (Å²) in [5.41, 5.74) is 0. The molecule has 1 aliphatic rings. The second-order valence-corrected chi connectivity index (χ2v) is 4.31. The molecule has 1 fully saturated rings. The van der Waals surface area contributed by atoms with E-state index in [-0.39, 0.29) is 6.10 Å². The lowest BCUT2D eigenvalue weighted by Crippen LogP contribution is -2.15. The highest BCUT2D eigenvalue weighted by Crippen LogP contribution is 2.22. The normalized spacial score (nSPS) is 20.4. The second kappa shape index (κ2) is 4.63. The van der Waals surface area contributed by atoms with Crippen molar-refractivity contribution in [3.05, 3.63) is 16.3 Å². The van der Waals surface area contributed by atoms with Crippen LogP contribution in [0.15, 0.2) is 11.4 Å². The summed E-state index contributed by atoms with van der Waals surface area (Å²) in [7, 11) is 0. The van der Waals surface area contributed by atoms with Gasteiger partial charge in [-0.1, -0.05) is 0 Å². The van der Waals surface area contributed by atoms with Crippen molar-refractivity contribution in [2.24, 2.45) is 0 Å². The van der Waals surface area contributed by atoms with Gasteiger partial charge in [0, 0.05) is 18.1 Å². The SMILES string of the molecule is O=C(O)c1cc(OCC2CCCO2)cs1. The number of hydrogen-bond acceptors (Lipinski definition) is 4. The van der Waals surface area contributed by atoms with Crippen molar-refractivity contribution in [2.75, 3.05) is 13.2 Å². The van der Waals surface area contributed by atoms with Gasteiger partial charge in [-0.3, -0.25) is 0 Å². The van der Waals surface area contributed by atoms with Gasteiger partial charge < -0.3 is 14.6 Å². The Hall–Kier alpha value is -1.07. The summed E-state index contributed by atoms with van der Waals surface area (Å²) in [5, 5.41) is 10.4. The zero-order valence-electron chi connectivity index (χ0n) is 8.14. The Morgan fingerprint density at radius 3 is 3.20 bits per heavy atom. The molecule has 4 nitrogen and oxygen atoms in total. The zero-order valence-corrected chi connectivity index (χ0v) is 8.96. The summed E-state index contributed by atoms with van der Waals surface area (Å²) in [6, 6.07) is 1.54. The molecule has 0 aromatic carbocycles. The van der Waals surface area contributed by atoms with E-state index in [1.54, 1.807) is 11.4 Å². The predicted molar refractivity (Wildman–Crippen MR) is 55.7 cm³/mol. The van der Waals surface area contributed by atoms with Crippen molar-refractivity contribution in [1.29, 1.82) is 0 Å². The molecule has 0 aliphatic carbocycles. The Morgan fingerprint density at radius 2 is 2.60 bits per heavy atom. The lowest BCUT2D eigenvalue weighted by molar-refractivity contribution is 0.0677. The van der Waals surface area contributed by atoms with Crippen molar-refractivity contribution in [3.8, 4) is 5.75 Å². The fraction of sp³-hybridized carbons (Fsp3) is 0.500. The highest BCUT2D eigenvalue weighted by Gasteiger charge is 2.16. The molecule has 1 aromatic rings. The van der Waals surface area contributed by atoms with Crippen LogP contribution in [0.2, 0.25) is 0 Å². The molecule has 82 valence electrons. The summed E-state index contributed by atoms with van der Waals surface area (Å²) >= 11 is 1.17. The number of carboxylic acid groups (broad SMARTS) is 1. The lowest BCUT2D eigenvalue weighted by atomic mass is 10.2. The van der Waals surface area contributed by atoms with Crippen LogP contribution in [0.1, 0.15) is 22.5 Å². The third kappa shape index (κ3) is 2.70. The number of carbonyl (C=O) groups is 1. The molecule has 1 saturated heterocycles. The molecule has 1 atom stereocenters. The van der Waals surface area contributed by atoms with E-state index in [2.05, 4.69) is 0 Å². The van der Waals surface area contributed by atoms with Crippen LogP contribution in [0.25, 0.3) is 0 Å². The molecule has 1 aromatic heterocycles. The molecule has 2 rings (SSSR count). The Balaban J connectivity index is 1.84. The first-order valence-electron chi connectivity index (χ1n) is 4.82. The summed E-state index contributed by atoms with van der Waals surface area (Å²) in [6.45, 7) is 1.31. The Labute approximate surface area is 91.4 Å². The van der Waals surface area contributed by atoms with Crippen LogP contribution in [0.4, 0.5) is 0 Å². The van der Waals surface area contributed by atoms with E-state index >= 15 is 0 Å². The van der Waals surface area contributed by atoms with Crippen molar-refractivity contribution < 1.29 is 19.4 Å². The molecule has 0 spiro atoms. The van der Waals surface area contributed by atoms with E-state index in [4.69, 9.17) is 14.6 Å². The molecule has 0 radical (unpaired) electrons. The monoisotopic (exact) mass is 228 g/mol. The van der Waals surface area contributed by atoms with Gasteiger partial charge in [-0.15, -0.1) is 11.3 Å². The van der Waals surface area contributed by atoms with Gasteiger partial charge in [0.15, 0.2) is 0 Å². The lowest BCUT2D eigenvalue weighted by Gasteiger charge is -2.09. The first-order valence-corrected chi connectivity index (χ1v) is 5.70. The Bertz CT molecular complexity index is 341. The van der Waals surface area contributed by atoms with Crippen molar-refractivity contribution >= 4 is 17.3 Å². The summed E-state index contributed by atoms with van der Waals surface area (Å²) in [4.78, 5) is 10.9. The van der Waals surface area contributed by atoms with E-state index < -0.39 is 5.97 Å². The highest BCUT2D eigenvalue weighted by atomic mass is 32.1. The van der Waals surface area contributed by atoms with Gasteiger partial charge in [0.05, 0.1) is 6.10 Å². The molecular formula is C10H12O4S. The first kappa shape index (κ1) is 10.4. The quantitative estimate of drug-likeness (QED) is 0.856. The highest BCUT2D eigenvalue weighted by molar-refractivity contribution is 7.12. The minimum absolute atomic E-state index is 0.165. The molecule has 0 bridgehead atoms. The first-order chi connectivity index (χ1) is 7.25. The maximum absolute atomic E-state index is 10.6. The van der Waals surface area contributed by atoms with Crippen LogP contribution in [-0.2, 0) is 4.74 Å². The number of aromatic carboxylic acids is 1. The molecule has 0 amide bonds. The van der Waals surface area contributed by atoms with Gasteiger partial charge in [0.2, 0.25) is 0 Å². The van der Waals surface area contributed by atoms with Gasteiger partial charge in [0.1, 0.15) is 17.2 Å². The van der Waals surface area contributed by atoms with E-state index in [0.29, 0.717) is 17.2 Å². The fourth-order valence-electron chi connectivity index (χ4n) is 1.47. The number of ether oxygens (including phenoxy) is 2. The average molecular weight is 228 g/mol. The van der Waals surface area contributed by atoms with E-state index in [1.165, 1.54) is 11.3 Å². The van der Waals surface area contributed by atoms with Crippen molar-refractivity contribution in [1.82, 2.24) is 0 Å². The number of carboxylic acids is 1. The van der Waals surface area contributed by atoms with Gasteiger partial charge in [-0.2, -0.15) is 0 Å². The Morgan fingerprint density at radius 1 is 1.73 bits per heavy atom. The van der Waals surface area contributed by atoms with E-state index in [9.17, 15) is 4.79 Å². The molecular weight excluding hydrogens is 216 g/mol. The maximum atomic E-state index is 10.6. The fourth-order valence-corrected chi connectivity index (χ4v) is 2.14. The molecule has 1 N–H and O–H groups in total. The molecule has 2 heterocycles. The Kier molecular flexibility index (Phi) is 3.23. The third-order valence-electron chi connectivity index (χ3n) is 2.25. The number of hydrogen-bond donors (Lipinski definition) is 1. The van der Waals surface area contributed by atoms with Crippen LogP contribution in [-0.4, -0.2) is 30.4 Å². The van der Waals surface area contributed by atoms with Crippen LogP contribution >= 0.6 is 11.3 Å². The van der Waals surface area contributed by atoms with Gasteiger partial charge in [-0.05, 0) is 12.8 Å². The molecule has 5 heteroatoms. The topological polar surface area (TPSA) is 55.8 Å². The van der Waals surface area contributed by atoms with E-state index in [0.717, 1.165) is 19.4 Å². The average Bonchev–Trinajstić information content (AvgIpc) is 2.86. The summed E-state index contributed by atoms with van der Waals surface area (Å²) in [5.74, 6) is -0.292. The largest absolute Gasteiger partial charge is 0.490 e. The van der Waals surface area contributed by atoms with Crippen LogP contribution < -0.4 is 4.74 Å². The van der Waals surface area contributed by atoms with Gasteiger partial charge in [-0.25, -0.2) is 4.79 Å². The third-order valence-corrected chi connectivity index (χ3v) is 3.14. The van der Waals surface area contributed by atoms with Gasteiger partial charge in [0.25, 0.3) is 0 Å². The van der Waals surface area contributed by atoms with Crippen LogP contribution in [0.3, 0.4) is 0 Å². The second-order valence-electron chi connectivity index (χ2n) is 3.40. The molecule has 1 unspecified atom stereocenters. The van der Waals surface area contributed by atoms with E-state index in [1.807, 2.05) is 0 Å². The van der Waals surface area contributed by atoms with Gasteiger partial charge >= 0.3 is 5.97 Å².